The summed E-state index contributed by atoms with van der Waals surface area (Å²) in [6.45, 7) is 0. The fraction of sp³-hybridized carbons (Fsp3) is 0.115. The zero-order chi connectivity index (χ0) is 22.1. The number of thioether (sulfide) groups is 1. The van der Waals surface area contributed by atoms with E-state index in [4.69, 9.17) is 9.40 Å². The SMILES string of the molecule is CN1C(=O)Cc2cc(C(=O)CSc3nc(-c4ccccc4)c(-c4ccccc4)o3)ccc21. The van der Waals surface area contributed by atoms with Gasteiger partial charge in [0.15, 0.2) is 11.5 Å². The highest BCUT2D eigenvalue weighted by Gasteiger charge is 2.25. The largest absolute Gasteiger partial charge is 0.431 e. The number of likely N-dealkylation sites (N-methyl/N-ethyl adjacent to an activating group) is 1. The van der Waals surface area contributed by atoms with E-state index in [0.717, 1.165) is 28.1 Å². The third kappa shape index (κ3) is 3.85. The Bertz CT molecular complexity index is 1240. The van der Waals surface area contributed by atoms with Crippen LogP contribution in [0, 0.1) is 0 Å². The molecule has 6 heteroatoms. The lowest BCUT2D eigenvalue weighted by Gasteiger charge is -2.10. The molecule has 158 valence electrons. The highest BCUT2D eigenvalue weighted by Crippen LogP contribution is 2.36. The molecule has 4 aromatic rings. The minimum absolute atomic E-state index is 0.0273. The number of aromatic nitrogens is 1. The topological polar surface area (TPSA) is 63.4 Å². The third-order valence-corrected chi connectivity index (χ3v) is 6.32. The number of Topliss-reactive ketones (excluding diaryl/α,β-unsaturated/α-hetero) is 1. The molecule has 0 saturated carbocycles. The molecule has 0 saturated heterocycles. The number of hydrogen-bond acceptors (Lipinski definition) is 5. The quantitative estimate of drug-likeness (QED) is 0.293. The van der Waals surface area contributed by atoms with Gasteiger partial charge in [0.25, 0.3) is 5.22 Å². The predicted molar refractivity (Wildman–Crippen MR) is 126 cm³/mol. The fourth-order valence-corrected chi connectivity index (χ4v) is 4.51. The normalized spacial score (nSPS) is 12.8. The smallest absolute Gasteiger partial charge is 0.257 e. The van der Waals surface area contributed by atoms with Gasteiger partial charge in [0.05, 0.1) is 12.2 Å². The van der Waals surface area contributed by atoms with Gasteiger partial charge in [0.1, 0.15) is 5.69 Å². The second-order valence-corrected chi connectivity index (χ2v) is 8.50. The van der Waals surface area contributed by atoms with E-state index in [0.29, 0.717) is 23.0 Å². The minimum Gasteiger partial charge on any atom is -0.431 e. The average Bonchev–Trinajstić information content (AvgIpc) is 3.39. The molecule has 1 aromatic heterocycles. The van der Waals surface area contributed by atoms with Gasteiger partial charge in [-0.05, 0) is 23.8 Å². The van der Waals surface area contributed by atoms with Gasteiger partial charge in [-0.3, -0.25) is 9.59 Å². The van der Waals surface area contributed by atoms with Crippen molar-refractivity contribution in [3.63, 3.8) is 0 Å². The van der Waals surface area contributed by atoms with Crippen molar-refractivity contribution in [3.8, 4) is 22.6 Å². The molecule has 1 amide bonds. The number of carbonyl (C=O) groups is 2. The number of amides is 1. The van der Waals surface area contributed by atoms with E-state index < -0.39 is 0 Å². The Hall–Kier alpha value is -3.64. The predicted octanol–water partition coefficient (Wildman–Crippen LogP) is 5.50. The molecule has 0 bridgehead atoms. The number of oxazole rings is 1. The fourth-order valence-electron chi connectivity index (χ4n) is 3.79. The molecule has 0 aliphatic carbocycles. The molecule has 0 radical (unpaired) electrons. The van der Waals surface area contributed by atoms with Gasteiger partial charge in [-0.2, -0.15) is 0 Å². The summed E-state index contributed by atoms with van der Waals surface area (Å²) >= 11 is 1.28. The minimum atomic E-state index is -0.0273. The number of carbonyl (C=O) groups excluding carboxylic acids is 2. The first-order valence-electron chi connectivity index (χ1n) is 10.3. The molecule has 1 aliphatic heterocycles. The summed E-state index contributed by atoms with van der Waals surface area (Å²) in [6, 6.07) is 25.1. The maximum atomic E-state index is 12.8. The van der Waals surface area contributed by atoms with Crippen LogP contribution in [0.5, 0.6) is 0 Å². The summed E-state index contributed by atoms with van der Waals surface area (Å²) in [5.74, 6) is 0.901. The number of anilines is 1. The third-order valence-electron chi connectivity index (χ3n) is 5.50. The van der Waals surface area contributed by atoms with Crippen LogP contribution in [0.2, 0.25) is 0 Å². The summed E-state index contributed by atoms with van der Waals surface area (Å²) < 4.78 is 6.09. The van der Waals surface area contributed by atoms with Crippen LogP contribution in [0.3, 0.4) is 0 Å². The Balaban J connectivity index is 1.38. The van der Waals surface area contributed by atoms with Crippen molar-refractivity contribution in [3.05, 3.63) is 90.0 Å². The average molecular weight is 441 g/mol. The number of ketones is 1. The number of benzene rings is 3. The van der Waals surface area contributed by atoms with Gasteiger partial charge in [-0.15, -0.1) is 0 Å². The van der Waals surface area contributed by atoms with E-state index >= 15 is 0 Å². The van der Waals surface area contributed by atoms with Gasteiger partial charge in [0.2, 0.25) is 5.91 Å². The molecule has 1 aliphatic rings. The van der Waals surface area contributed by atoms with Gasteiger partial charge in [-0.25, -0.2) is 4.98 Å². The molecule has 5 nitrogen and oxygen atoms in total. The van der Waals surface area contributed by atoms with Crippen molar-refractivity contribution >= 4 is 29.1 Å². The van der Waals surface area contributed by atoms with Crippen molar-refractivity contribution in [2.45, 2.75) is 11.6 Å². The Labute approximate surface area is 190 Å². The van der Waals surface area contributed by atoms with Crippen LogP contribution in [-0.4, -0.2) is 29.5 Å². The highest BCUT2D eigenvalue weighted by molar-refractivity contribution is 7.99. The summed E-state index contributed by atoms with van der Waals surface area (Å²) in [5.41, 5.74) is 5.00. The Morgan fingerprint density at radius 2 is 1.69 bits per heavy atom. The molecule has 32 heavy (non-hydrogen) atoms. The zero-order valence-corrected chi connectivity index (χ0v) is 18.3. The Morgan fingerprint density at radius 1 is 1.00 bits per heavy atom. The van der Waals surface area contributed by atoms with Gasteiger partial charge in [-0.1, -0.05) is 72.4 Å². The number of rotatable bonds is 6. The molecular weight excluding hydrogens is 420 g/mol. The van der Waals surface area contributed by atoms with Crippen LogP contribution >= 0.6 is 11.8 Å². The molecule has 0 N–H and O–H groups in total. The van der Waals surface area contributed by atoms with Crippen LogP contribution in [-0.2, 0) is 11.2 Å². The lowest BCUT2D eigenvalue weighted by atomic mass is 10.1. The van der Waals surface area contributed by atoms with Crippen LogP contribution < -0.4 is 4.90 Å². The second kappa shape index (κ2) is 8.48. The monoisotopic (exact) mass is 440 g/mol. The number of fused-ring (bicyclic) bond motifs is 1. The van der Waals surface area contributed by atoms with Crippen LogP contribution in [0.15, 0.2) is 88.5 Å². The molecular formula is C26H20N2O3S. The first-order chi connectivity index (χ1) is 15.6. The lowest BCUT2D eigenvalue weighted by Crippen LogP contribution is -2.20. The standard InChI is InChI=1S/C26H20N2O3S/c1-28-21-13-12-19(14-20(21)15-23(28)30)22(29)16-32-26-27-24(17-8-4-2-5-9-17)25(31-26)18-10-6-3-7-11-18/h2-14H,15-16H2,1H3. The maximum Gasteiger partial charge on any atom is 0.257 e. The molecule has 0 atom stereocenters. The molecule has 5 rings (SSSR count). The molecule has 3 aromatic carbocycles. The highest BCUT2D eigenvalue weighted by atomic mass is 32.2. The lowest BCUT2D eigenvalue weighted by molar-refractivity contribution is -0.117. The van der Waals surface area contributed by atoms with E-state index in [9.17, 15) is 9.59 Å². The van der Waals surface area contributed by atoms with Crippen molar-refractivity contribution in [2.24, 2.45) is 0 Å². The summed E-state index contributed by atoms with van der Waals surface area (Å²) in [6.07, 6.45) is 0.334. The van der Waals surface area contributed by atoms with Gasteiger partial charge < -0.3 is 9.32 Å². The van der Waals surface area contributed by atoms with Crippen molar-refractivity contribution in [1.82, 2.24) is 4.98 Å². The first-order valence-corrected chi connectivity index (χ1v) is 11.3. The van der Waals surface area contributed by atoms with Gasteiger partial charge in [0, 0.05) is 29.4 Å². The van der Waals surface area contributed by atoms with Crippen molar-refractivity contribution in [2.75, 3.05) is 17.7 Å². The molecule has 0 spiro atoms. The zero-order valence-electron chi connectivity index (χ0n) is 17.4. The first kappa shape index (κ1) is 20.3. The molecule has 0 fully saturated rings. The second-order valence-electron chi connectivity index (χ2n) is 7.57. The molecule has 2 heterocycles. The summed E-state index contributed by atoms with van der Waals surface area (Å²) in [7, 11) is 1.75. The maximum absolute atomic E-state index is 12.8. The summed E-state index contributed by atoms with van der Waals surface area (Å²) in [4.78, 5) is 31.1. The number of nitrogens with zero attached hydrogens (tertiary/aromatic N) is 2. The van der Waals surface area contributed by atoms with Gasteiger partial charge >= 0.3 is 0 Å². The molecule has 0 unspecified atom stereocenters. The number of hydrogen-bond donors (Lipinski definition) is 0. The van der Waals surface area contributed by atoms with Crippen molar-refractivity contribution in [1.29, 1.82) is 0 Å². The van der Waals surface area contributed by atoms with Crippen LogP contribution in [0.25, 0.3) is 22.6 Å². The Kier molecular flexibility index (Phi) is 5.37. The van der Waals surface area contributed by atoms with Crippen LogP contribution in [0.1, 0.15) is 15.9 Å². The van der Waals surface area contributed by atoms with Crippen molar-refractivity contribution < 1.29 is 14.0 Å². The Morgan fingerprint density at radius 3 is 2.41 bits per heavy atom. The van der Waals surface area contributed by atoms with E-state index in [1.54, 1.807) is 18.0 Å². The van der Waals surface area contributed by atoms with E-state index in [-0.39, 0.29) is 17.4 Å². The van der Waals surface area contributed by atoms with E-state index in [1.807, 2.05) is 72.8 Å². The van der Waals surface area contributed by atoms with E-state index in [1.165, 1.54) is 11.8 Å². The van der Waals surface area contributed by atoms with E-state index in [2.05, 4.69) is 0 Å². The summed E-state index contributed by atoms with van der Waals surface area (Å²) in [5, 5.41) is 0.451. The van der Waals surface area contributed by atoms with Crippen LogP contribution in [0.4, 0.5) is 5.69 Å².